The second kappa shape index (κ2) is 5.75. The molecule has 2 aromatic rings. The molecule has 0 fully saturated rings. The second-order valence-electron chi connectivity index (χ2n) is 3.84. The lowest BCUT2D eigenvalue weighted by molar-refractivity contribution is 0.295. The van der Waals surface area contributed by atoms with Crippen molar-refractivity contribution in [1.82, 2.24) is 9.55 Å². The quantitative estimate of drug-likeness (QED) is 0.876. The van der Waals surface area contributed by atoms with Crippen molar-refractivity contribution in [3.05, 3.63) is 55.8 Å². The van der Waals surface area contributed by atoms with E-state index in [2.05, 4.69) is 20.9 Å². The van der Waals surface area contributed by atoms with Crippen LogP contribution in [0.15, 0.2) is 44.5 Å². The number of rotatable bonds is 4. The first-order chi connectivity index (χ1) is 9.06. The zero-order valence-corrected chi connectivity index (χ0v) is 11.5. The Kier molecular flexibility index (Phi) is 4.06. The fraction of sp³-hybridized carbons (Fsp3) is 0.167. The van der Waals surface area contributed by atoms with Crippen LogP contribution in [0.25, 0.3) is 0 Å². The lowest BCUT2D eigenvalue weighted by Crippen LogP contribution is -2.32. The highest BCUT2D eigenvalue weighted by molar-refractivity contribution is 9.10. The van der Waals surface area contributed by atoms with E-state index in [9.17, 15) is 9.59 Å². The Bertz CT molecular complexity index is 676. The first-order valence-electron chi connectivity index (χ1n) is 5.54. The summed E-state index contributed by atoms with van der Waals surface area (Å²) in [5, 5.41) is 0. The van der Waals surface area contributed by atoms with Crippen LogP contribution in [0.5, 0.6) is 5.75 Å². The summed E-state index contributed by atoms with van der Waals surface area (Å²) in [6.45, 7) is 0.600. The molecule has 0 aliphatic heterocycles. The fourth-order valence-electron chi connectivity index (χ4n) is 1.48. The number of nitrogens with two attached hydrogens (primary N) is 1. The summed E-state index contributed by atoms with van der Waals surface area (Å²) in [6.07, 6.45) is 1.31. The topological polar surface area (TPSA) is 90.1 Å². The number of halogens is 1. The number of nitrogen functional groups attached to an aromatic ring is 1. The monoisotopic (exact) mass is 325 g/mol. The van der Waals surface area contributed by atoms with E-state index in [1.54, 1.807) is 0 Å². The Balaban J connectivity index is 2.00. The number of benzene rings is 1. The number of aromatic nitrogens is 2. The molecular formula is C12H12BrN3O3. The van der Waals surface area contributed by atoms with Gasteiger partial charge in [0.1, 0.15) is 18.0 Å². The summed E-state index contributed by atoms with van der Waals surface area (Å²) in [6, 6.07) is 7.35. The first-order valence-corrected chi connectivity index (χ1v) is 6.33. The van der Waals surface area contributed by atoms with Crippen molar-refractivity contribution in [3.63, 3.8) is 0 Å². The van der Waals surface area contributed by atoms with Crippen LogP contribution in [-0.2, 0) is 6.54 Å². The maximum absolute atomic E-state index is 11.5. The number of anilines is 1. The Morgan fingerprint density at radius 1 is 1.26 bits per heavy atom. The number of nitrogens with zero attached hydrogens (tertiary/aromatic N) is 1. The number of ether oxygens (including phenoxy) is 1. The van der Waals surface area contributed by atoms with E-state index < -0.39 is 11.2 Å². The summed E-state index contributed by atoms with van der Waals surface area (Å²) >= 11 is 3.33. The van der Waals surface area contributed by atoms with Crippen LogP contribution in [-0.4, -0.2) is 16.2 Å². The van der Waals surface area contributed by atoms with Crippen molar-refractivity contribution < 1.29 is 4.74 Å². The molecule has 0 aliphatic rings. The zero-order chi connectivity index (χ0) is 13.8. The number of aromatic amines is 1. The van der Waals surface area contributed by atoms with Crippen molar-refractivity contribution in [1.29, 1.82) is 0 Å². The minimum atomic E-state index is -0.574. The van der Waals surface area contributed by atoms with Crippen LogP contribution < -0.4 is 21.7 Å². The zero-order valence-electron chi connectivity index (χ0n) is 9.93. The molecule has 7 heteroatoms. The summed E-state index contributed by atoms with van der Waals surface area (Å²) in [4.78, 5) is 24.7. The van der Waals surface area contributed by atoms with Gasteiger partial charge in [-0.05, 0) is 24.3 Å². The maximum atomic E-state index is 11.5. The van der Waals surface area contributed by atoms with E-state index in [0.717, 1.165) is 4.47 Å². The van der Waals surface area contributed by atoms with Crippen LogP contribution >= 0.6 is 15.9 Å². The molecule has 0 saturated carbocycles. The molecule has 0 unspecified atom stereocenters. The third-order valence-electron chi connectivity index (χ3n) is 2.45. The molecule has 100 valence electrons. The largest absolute Gasteiger partial charge is 0.492 e. The van der Waals surface area contributed by atoms with Crippen molar-refractivity contribution in [2.75, 3.05) is 12.3 Å². The van der Waals surface area contributed by atoms with Gasteiger partial charge in [-0.15, -0.1) is 0 Å². The van der Waals surface area contributed by atoms with E-state index in [1.807, 2.05) is 24.3 Å². The van der Waals surface area contributed by atoms with Crippen molar-refractivity contribution in [2.24, 2.45) is 0 Å². The Labute approximate surface area is 117 Å². The van der Waals surface area contributed by atoms with Gasteiger partial charge in [-0.3, -0.25) is 14.3 Å². The van der Waals surface area contributed by atoms with Crippen molar-refractivity contribution in [2.45, 2.75) is 6.54 Å². The normalized spacial score (nSPS) is 10.4. The average Bonchev–Trinajstić information content (AvgIpc) is 2.38. The minimum absolute atomic E-state index is 0.00300. The van der Waals surface area contributed by atoms with E-state index in [-0.39, 0.29) is 5.69 Å². The third kappa shape index (κ3) is 3.47. The van der Waals surface area contributed by atoms with E-state index >= 15 is 0 Å². The van der Waals surface area contributed by atoms with Gasteiger partial charge in [0.25, 0.3) is 5.56 Å². The number of hydrogen-bond donors (Lipinski definition) is 2. The molecule has 0 amide bonds. The molecule has 3 N–H and O–H groups in total. The smallest absolute Gasteiger partial charge is 0.328 e. The van der Waals surface area contributed by atoms with Gasteiger partial charge < -0.3 is 10.5 Å². The van der Waals surface area contributed by atoms with Crippen LogP contribution in [0, 0.1) is 0 Å². The van der Waals surface area contributed by atoms with E-state index in [0.29, 0.717) is 18.9 Å². The predicted molar refractivity (Wildman–Crippen MR) is 75.4 cm³/mol. The highest BCUT2D eigenvalue weighted by Gasteiger charge is 2.01. The summed E-state index contributed by atoms with van der Waals surface area (Å²) in [5.41, 5.74) is 4.37. The molecule has 0 radical (unpaired) electrons. The average molecular weight is 326 g/mol. The molecule has 2 rings (SSSR count). The molecular weight excluding hydrogens is 314 g/mol. The first kappa shape index (κ1) is 13.4. The SMILES string of the molecule is Nc1cn(CCOc2ccc(Br)cc2)c(=O)[nH]c1=O. The number of nitrogens with one attached hydrogen (secondary N) is 1. The molecule has 1 heterocycles. The summed E-state index contributed by atoms with van der Waals surface area (Å²) < 4.78 is 7.74. The highest BCUT2D eigenvalue weighted by atomic mass is 79.9. The van der Waals surface area contributed by atoms with Gasteiger partial charge in [0.2, 0.25) is 0 Å². The van der Waals surface area contributed by atoms with Gasteiger partial charge >= 0.3 is 5.69 Å². The molecule has 1 aromatic carbocycles. The Hall–Kier alpha value is -2.02. The van der Waals surface area contributed by atoms with Gasteiger partial charge in [0.05, 0.1) is 6.54 Å². The van der Waals surface area contributed by atoms with Crippen molar-refractivity contribution >= 4 is 21.6 Å². The minimum Gasteiger partial charge on any atom is -0.492 e. The number of hydrogen-bond acceptors (Lipinski definition) is 4. The van der Waals surface area contributed by atoms with Crippen LogP contribution in [0.3, 0.4) is 0 Å². The standard InChI is InChI=1S/C12H12BrN3O3/c13-8-1-3-9(4-2-8)19-6-5-16-7-10(14)11(17)15-12(16)18/h1-4,7H,5-6,14H2,(H,15,17,18). The third-order valence-corrected chi connectivity index (χ3v) is 2.98. The van der Waals surface area contributed by atoms with Crippen LogP contribution in [0.4, 0.5) is 5.69 Å². The van der Waals surface area contributed by atoms with Crippen molar-refractivity contribution in [3.8, 4) is 5.75 Å². The molecule has 1 aromatic heterocycles. The Morgan fingerprint density at radius 2 is 1.95 bits per heavy atom. The number of H-pyrrole nitrogens is 1. The van der Waals surface area contributed by atoms with E-state index in [4.69, 9.17) is 10.5 Å². The van der Waals surface area contributed by atoms with Gasteiger partial charge in [-0.1, -0.05) is 15.9 Å². The molecule has 0 bridgehead atoms. The Morgan fingerprint density at radius 3 is 2.63 bits per heavy atom. The maximum Gasteiger partial charge on any atom is 0.328 e. The van der Waals surface area contributed by atoms with E-state index in [1.165, 1.54) is 10.8 Å². The van der Waals surface area contributed by atoms with Crippen LogP contribution in [0.1, 0.15) is 0 Å². The lowest BCUT2D eigenvalue weighted by atomic mass is 10.3. The lowest BCUT2D eigenvalue weighted by Gasteiger charge is -2.08. The molecule has 0 atom stereocenters. The van der Waals surface area contributed by atoms with Gasteiger partial charge in [-0.2, -0.15) is 0 Å². The van der Waals surface area contributed by atoms with Crippen LogP contribution in [0.2, 0.25) is 0 Å². The second-order valence-corrected chi connectivity index (χ2v) is 4.76. The highest BCUT2D eigenvalue weighted by Crippen LogP contribution is 2.15. The molecule has 0 saturated heterocycles. The fourth-order valence-corrected chi connectivity index (χ4v) is 1.75. The van der Waals surface area contributed by atoms with Gasteiger partial charge in [0, 0.05) is 10.7 Å². The molecule has 0 aliphatic carbocycles. The molecule has 0 spiro atoms. The predicted octanol–water partition coefficient (Wildman–Crippen LogP) is 0.960. The van der Waals surface area contributed by atoms with Gasteiger partial charge in [-0.25, -0.2) is 4.79 Å². The molecule has 19 heavy (non-hydrogen) atoms. The summed E-state index contributed by atoms with van der Waals surface area (Å²) in [5.74, 6) is 0.702. The van der Waals surface area contributed by atoms with Gasteiger partial charge in [0.15, 0.2) is 0 Å². The molecule has 6 nitrogen and oxygen atoms in total. The summed E-state index contributed by atoms with van der Waals surface area (Å²) in [7, 11) is 0.